The number of hydrogen-bond acceptors (Lipinski definition) is 8. The number of nitrogens with one attached hydrogen (secondary N) is 1. The number of rotatable bonds is 8. The Bertz CT molecular complexity index is 925. The maximum absolute atomic E-state index is 12.7. The van der Waals surface area contributed by atoms with Gasteiger partial charge in [0.15, 0.2) is 5.75 Å². The zero-order valence-electron chi connectivity index (χ0n) is 16.3. The third kappa shape index (κ3) is 4.54. The highest BCUT2D eigenvalue weighted by Crippen LogP contribution is 2.46. The molecule has 29 heavy (non-hydrogen) atoms. The lowest BCUT2D eigenvalue weighted by Crippen LogP contribution is -2.24. The predicted molar refractivity (Wildman–Crippen MR) is 102 cm³/mol. The normalized spacial score (nSPS) is 10.1. The highest BCUT2D eigenvalue weighted by Gasteiger charge is 2.32. The number of methoxy groups -OCH3 is 4. The Balaban J connectivity index is 2.32. The Hall–Kier alpha value is -3.82. The van der Waals surface area contributed by atoms with E-state index >= 15 is 0 Å². The average Bonchev–Trinajstić information content (AvgIpc) is 2.75. The number of carbonyl (C=O) groups excluding carboxylic acids is 2. The maximum Gasteiger partial charge on any atom is 0.337 e. The van der Waals surface area contributed by atoms with Crippen LogP contribution >= 0.6 is 0 Å². The third-order valence-corrected chi connectivity index (χ3v) is 4.06. The quantitative estimate of drug-likeness (QED) is 0.404. The van der Waals surface area contributed by atoms with E-state index in [0.717, 1.165) is 0 Å². The number of nitrogens with zero attached hydrogens (tertiary/aromatic N) is 1. The molecule has 0 atom stereocenters. The van der Waals surface area contributed by atoms with Gasteiger partial charge in [0.05, 0.1) is 38.9 Å². The lowest BCUT2D eigenvalue weighted by atomic mass is 10.1. The second-order valence-corrected chi connectivity index (χ2v) is 5.67. The summed E-state index contributed by atoms with van der Waals surface area (Å²) in [6, 6.07) is 7.59. The van der Waals surface area contributed by atoms with Crippen LogP contribution in [0.4, 0.5) is 5.69 Å². The Morgan fingerprint density at radius 2 is 1.62 bits per heavy atom. The van der Waals surface area contributed by atoms with Gasteiger partial charge in [0, 0.05) is 12.6 Å². The summed E-state index contributed by atoms with van der Waals surface area (Å²) >= 11 is 0. The van der Waals surface area contributed by atoms with Gasteiger partial charge in [-0.15, -0.1) is 0 Å². The maximum atomic E-state index is 12.7. The number of benzene rings is 2. The number of carbonyl (C=O) groups is 2. The van der Waals surface area contributed by atoms with E-state index in [1.54, 1.807) is 24.3 Å². The molecule has 0 spiro atoms. The van der Waals surface area contributed by atoms with Crippen molar-refractivity contribution in [2.24, 2.45) is 0 Å². The summed E-state index contributed by atoms with van der Waals surface area (Å²) in [5, 5.41) is 14.2. The van der Waals surface area contributed by atoms with Crippen molar-refractivity contribution in [2.45, 2.75) is 6.54 Å². The molecule has 10 nitrogen and oxygen atoms in total. The molecule has 2 aromatic rings. The van der Waals surface area contributed by atoms with E-state index < -0.39 is 22.5 Å². The Kier molecular flexibility index (Phi) is 6.96. The molecule has 0 radical (unpaired) electrons. The van der Waals surface area contributed by atoms with Gasteiger partial charge < -0.3 is 24.3 Å². The Morgan fingerprint density at radius 3 is 2.10 bits per heavy atom. The van der Waals surface area contributed by atoms with E-state index in [1.165, 1.54) is 34.5 Å². The van der Waals surface area contributed by atoms with Crippen molar-refractivity contribution >= 4 is 17.6 Å². The zero-order valence-corrected chi connectivity index (χ0v) is 16.3. The van der Waals surface area contributed by atoms with Crippen molar-refractivity contribution in [3.8, 4) is 17.2 Å². The van der Waals surface area contributed by atoms with Crippen LogP contribution < -0.4 is 19.5 Å². The van der Waals surface area contributed by atoms with Crippen molar-refractivity contribution in [3.05, 3.63) is 57.1 Å². The minimum absolute atomic E-state index is 0.0108. The molecule has 1 amide bonds. The molecule has 0 aliphatic rings. The Labute approximate surface area is 166 Å². The summed E-state index contributed by atoms with van der Waals surface area (Å²) in [7, 11) is 5.16. The molecular weight excluding hydrogens is 384 g/mol. The van der Waals surface area contributed by atoms with Crippen molar-refractivity contribution in [2.75, 3.05) is 28.4 Å². The summed E-state index contributed by atoms with van der Waals surface area (Å²) in [5.41, 5.74) is 0.267. The number of esters is 1. The standard InChI is InChI=1S/C19H20N2O8/c1-26-14-9-13(15(21(24)25)17(28-3)16(14)27-2)18(22)20-10-11-5-7-12(8-6-11)19(23)29-4/h5-9H,10H2,1-4H3,(H,20,22). The number of hydrogen-bond donors (Lipinski definition) is 1. The molecule has 0 heterocycles. The fourth-order valence-electron chi connectivity index (χ4n) is 2.65. The fraction of sp³-hybridized carbons (Fsp3) is 0.263. The van der Waals surface area contributed by atoms with Gasteiger partial charge in [-0.2, -0.15) is 0 Å². The second kappa shape index (κ2) is 9.40. The molecule has 0 saturated carbocycles. The average molecular weight is 404 g/mol. The van der Waals surface area contributed by atoms with Gasteiger partial charge in [0.25, 0.3) is 5.91 Å². The molecule has 0 unspecified atom stereocenters. The highest BCUT2D eigenvalue weighted by atomic mass is 16.6. The lowest BCUT2D eigenvalue weighted by Gasteiger charge is -2.15. The second-order valence-electron chi connectivity index (χ2n) is 5.67. The van der Waals surface area contributed by atoms with Gasteiger partial charge in [-0.1, -0.05) is 12.1 Å². The van der Waals surface area contributed by atoms with Gasteiger partial charge >= 0.3 is 11.7 Å². The predicted octanol–water partition coefficient (Wildman–Crippen LogP) is 2.34. The molecule has 2 rings (SSSR count). The summed E-state index contributed by atoms with van der Waals surface area (Å²) in [6.07, 6.45) is 0. The van der Waals surface area contributed by atoms with Crippen LogP contribution in [0.1, 0.15) is 26.3 Å². The molecule has 154 valence electrons. The smallest absolute Gasteiger partial charge is 0.337 e. The summed E-state index contributed by atoms with van der Waals surface area (Å²) < 4.78 is 20.0. The zero-order chi connectivity index (χ0) is 21.6. The van der Waals surface area contributed by atoms with Crippen LogP contribution in [0.15, 0.2) is 30.3 Å². The van der Waals surface area contributed by atoms with Crippen LogP contribution in [0.5, 0.6) is 17.2 Å². The monoisotopic (exact) mass is 404 g/mol. The van der Waals surface area contributed by atoms with Gasteiger partial charge in [0.2, 0.25) is 11.5 Å². The first-order valence-electron chi connectivity index (χ1n) is 8.30. The van der Waals surface area contributed by atoms with Crippen LogP contribution in [-0.2, 0) is 11.3 Å². The number of amides is 1. The summed E-state index contributed by atoms with van der Waals surface area (Å²) in [4.78, 5) is 35.0. The van der Waals surface area contributed by atoms with Crippen molar-refractivity contribution < 1.29 is 33.5 Å². The third-order valence-electron chi connectivity index (χ3n) is 4.06. The first-order valence-corrected chi connectivity index (χ1v) is 8.30. The minimum Gasteiger partial charge on any atom is -0.493 e. The SMILES string of the molecule is COC(=O)c1ccc(CNC(=O)c2cc(OC)c(OC)c(OC)c2[N+](=O)[O-])cc1. The van der Waals surface area contributed by atoms with E-state index in [-0.39, 0.29) is 29.4 Å². The highest BCUT2D eigenvalue weighted by molar-refractivity contribution is 6.00. The molecular formula is C19H20N2O8. The first kappa shape index (κ1) is 21.5. The van der Waals surface area contributed by atoms with E-state index in [9.17, 15) is 19.7 Å². The van der Waals surface area contributed by atoms with Crippen LogP contribution in [0.3, 0.4) is 0 Å². The van der Waals surface area contributed by atoms with Gasteiger partial charge in [-0.05, 0) is 17.7 Å². The minimum atomic E-state index is -0.721. The molecule has 0 fully saturated rings. The largest absolute Gasteiger partial charge is 0.493 e. The van der Waals surface area contributed by atoms with Crippen LogP contribution in [-0.4, -0.2) is 45.2 Å². The van der Waals surface area contributed by atoms with Gasteiger partial charge in [-0.25, -0.2) is 4.79 Å². The Morgan fingerprint density at radius 1 is 1.00 bits per heavy atom. The van der Waals surface area contributed by atoms with E-state index in [1.807, 2.05) is 0 Å². The molecule has 10 heteroatoms. The van der Waals surface area contributed by atoms with Crippen LogP contribution in [0.2, 0.25) is 0 Å². The fourth-order valence-corrected chi connectivity index (χ4v) is 2.65. The molecule has 0 bridgehead atoms. The molecule has 0 aliphatic heterocycles. The van der Waals surface area contributed by atoms with Crippen LogP contribution in [0, 0.1) is 10.1 Å². The summed E-state index contributed by atoms with van der Waals surface area (Å²) in [6.45, 7) is 0.0775. The van der Waals surface area contributed by atoms with E-state index in [0.29, 0.717) is 11.1 Å². The molecule has 0 aliphatic carbocycles. The first-order chi connectivity index (χ1) is 13.9. The van der Waals surface area contributed by atoms with Crippen molar-refractivity contribution in [1.29, 1.82) is 0 Å². The van der Waals surface area contributed by atoms with Crippen LogP contribution in [0.25, 0.3) is 0 Å². The molecule has 0 aromatic heterocycles. The summed E-state index contributed by atoms with van der Waals surface area (Å²) in [5.74, 6) is -1.27. The molecule has 0 saturated heterocycles. The number of nitro groups is 1. The molecule has 2 aromatic carbocycles. The van der Waals surface area contributed by atoms with Crippen molar-refractivity contribution in [1.82, 2.24) is 5.32 Å². The van der Waals surface area contributed by atoms with Gasteiger partial charge in [0.1, 0.15) is 5.56 Å². The molecule has 1 N–H and O–H groups in total. The van der Waals surface area contributed by atoms with E-state index in [4.69, 9.17) is 14.2 Å². The lowest BCUT2D eigenvalue weighted by molar-refractivity contribution is -0.386. The number of ether oxygens (including phenoxy) is 4. The van der Waals surface area contributed by atoms with Gasteiger partial charge in [-0.3, -0.25) is 14.9 Å². The van der Waals surface area contributed by atoms with E-state index in [2.05, 4.69) is 10.1 Å². The topological polar surface area (TPSA) is 126 Å². The van der Waals surface area contributed by atoms with Crippen molar-refractivity contribution in [3.63, 3.8) is 0 Å². The number of nitro benzene ring substituents is 1.